The van der Waals surface area contributed by atoms with E-state index >= 15 is 0 Å². The summed E-state index contributed by atoms with van der Waals surface area (Å²) < 4.78 is 7.95. The van der Waals surface area contributed by atoms with Gasteiger partial charge in [0.05, 0.1) is 12.3 Å². The van der Waals surface area contributed by atoms with Gasteiger partial charge in [0.2, 0.25) is 0 Å². The molecule has 1 aliphatic carbocycles. The molecule has 18 heavy (non-hydrogen) atoms. The predicted octanol–water partition coefficient (Wildman–Crippen LogP) is 3.17. The summed E-state index contributed by atoms with van der Waals surface area (Å²) in [5.74, 6) is 2.32. The fraction of sp³-hybridized carbons (Fsp3) is 0.800. The third kappa shape index (κ3) is 1.99. The fourth-order valence-electron chi connectivity index (χ4n) is 3.44. The average molecular weight is 248 g/mol. The van der Waals surface area contributed by atoms with Crippen molar-refractivity contribution in [2.75, 3.05) is 13.2 Å². The van der Waals surface area contributed by atoms with E-state index < -0.39 is 0 Å². The van der Waals surface area contributed by atoms with Crippen LogP contribution in [0.5, 0.6) is 0 Å². The summed E-state index contributed by atoms with van der Waals surface area (Å²) in [6.45, 7) is 8.56. The summed E-state index contributed by atoms with van der Waals surface area (Å²) in [5, 5.41) is 4.75. The van der Waals surface area contributed by atoms with Crippen molar-refractivity contribution in [1.82, 2.24) is 9.78 Å². The molecule has 3 nitrogen and oxygen atoms in total. The fourth-order valence-corrected chi connectivity index (χ4v) is 3.44. The van der Waals surface area contributed by atoms with Gasteiger partial charge in [-0.05, 0) is 51.0 Å². The molecule has 0 spiro atoms. The molecule has 0 N–H and O–H groups in total. The Morgan fingerprint density at radius 1 is 1.44 bits per heavy atom. The number of rotatable bonds is 3. The smallest absolute Gasteiger partial charge is 0.0625 e. The predicted molar refractivity (Wildman–Crippen MR) is 71.8 cm³/mol. The van der Waals surface area contributed by atoms with Crippen LogP contribution in [0.4, 0.5) is 0 Å². The van der Waals surface area contributed by atoms with Crippen LogP contribution in [0.3, 0.4) is 0 Å². The second-order valence-electron chi connectivity index (χ2n) is 6.02. The molecule has 1 aromatic rings. The summed E-state index contributed by atoms with van der Waals surface area (Å²) in [4.78, 5) is 0. The Balaban J connectivity index is 1.86. The molecule has 0 bridgehead atoms. The number of nitrogens with zero attached hydrogens (tertiary/aromatic N) is 2. The number of hydrogen-bond acceptors (Lipinski definition) is 2. The Kier molecular flexibility index (Phi) is 3.18. The van der Waals surface area contributed by atoms with Gasteiger partial charge in [0.15, 0.2) is 0 Å². The van der Waals surface area contributed by atoms with Crippen molar-refractivity contribution >= 4 is 0 Å². The molecule has 1 aromatic heterocycles. The molecule has 0 aromatic carbocycles. The maximum atomic E-state index is 5.70. The van der Waals surface area contributed by atoms with E-state index in [2.05, 4.69) is 31.5 Å². The molecule has 3 atom stereocenters. The number of aryl methyl sites for hydroxylation is 1. The van der Waals surface area contributed by atoms with Gasteiger partial charge in [0.25, 0.3) is 0 Å². The second-order valence-corrected chi connectivity index (χ2v) is 6.02. The largest absolute Gasteiger partial charge is 0.381 e. The van der Waals surface area contributed by atoms with Gasteiger partial charge in [-0.2, -0.15) is 5.10 Å². The van der Waals surface area contributed by atoms with Crippen LogP contribution in [0.1, 0.15) is 57.0 Å². The average Bonchev–Trinajstić information content (AvgIpc) is 2.92. The van der Waals surface area contributed by atoms with Gasteiger partial charge in [0.1, 0.15) is 0 Å². The van der Waals surface area contributed by atoms with Crippen LogP contribution in [-0.2, 0) is 11.2 Å². The molecule has 100 valence electrons. The maximum absolute atomic E-state index is 5.70. The lowest BCUT2D eigenvalue weighted by Gasteiger charge is -2.11. The highest BCUT2D eigenvalue weighted by Gasteiger charge is 2.52. The Morgan fingerprint density at radius 2 is 2.28 bits per heavy atom. The zero-order valence-corrected chi connectivity index (χ0v) is 11.7. The van der Waals surface area contributed by atoms with Crippen LogP contribution < -0.4 is 0 Å². The van der Waals surface area contributed by atoms with Gasteiger partial charge in [-0.3, -0.25) is 4.68 Å². The summed E-state index contributed by atoms with van der Waals surface area (Å²) in [6.07, 6.45) is 3.60. The van der Waals surface area contributed by atoms with E-state index in [1.54, 1.807) is 0 Å². The highest BCUT2D eigenvalue weighted by atomic mass is 16.5. The normalized spacial score (nSPS) is 31.2. The van der Waals surface area contributed by atoms with Gasteiger partial charge in [-0.25, -0.2) is 0 Å². The molecule has 0 amide bonds. The number of aromatic nitrogens is 2. The highest BCUT2D eigenvalue weighted by Crippen LogP contribution is 2.57. The molecule has 1 aliphatic heterocycles. The van der Waals surface area contributed by atoms with Crippen molar-refractivity contribution in [3.63, 3.8) is 0 Å². The standard InChI is InChI=1S/C15H24N2O/c1-4-11-8-14(17(16-11)10(2)3)15-12-6-5-7-18-9-13(12)15/h8,10,12-13,15H,4-7,9H2,1-3H3. The van der Waals surface area contributed by atoms with E-state index in [4.69, 9.17) is 9.84 Å². The number of hydrogen-bond donors (Lipinski definition) is 0. The molecule has 1 saturated carbocycles. The lowest BCUT2D eigenvalue weighted by Crippen LogP contribution is -2.09. The second kappa shape index (κ2) is 4.69. The Morgan fingerprint density at radius 3 is 3.00 bits per heavy atom. The first-order valence-electron chi connectivity index (χ1n) is 7.38. The zero-order valence-electron chi connectivity index (χ0n) is 11.7. The quantitative estimate of drug-likeness (QED) is 0.821. The molecule has 1 saturated heterocycles. The Hall–Kier alpha value is -0.830. The van der Waals surface area contributed by atoms with Gasteiger partial charge < -0.3 is 4.74 Å². The Labute approximate surface area is 110 Å². The van der Waals surface area contributed by atoms with Crippen molar-refractivity contribution in [1.29, 1.82) is 0 Å². The SMILES string of the molecule is CCc1cc(C2C3CCCOCC32)n(C(C)C)n1. The van der Waals surface area contributed by atoms with Crippen molar-refractivity contribution in [2.24, 2.45) is 11.8 Å². The molecule has 2 aliphatic rings. The number of ether oxygens (including phenoxy) is 1. The van der Waals surface area contributed by atoms with E-state index in [0.29, 0.717) is 12.0 Å². The zero-order chi connectivity index (χ0) is 12.7. The van der Waals surface area contributed by atoms with Crippen LogP contribution in [0.2, 0.25) is 0 Å². The molecule has 2 heterocycles. The van der Waals surface area contributed by atoms with Gasteiger partial charge in [-0.15, -0.1) is 0 Å². The third-order valence-electron chi connectivity index (χ3n) is 4.48. The minimum atomic E-state index is 0.464. The minimum absolute atomic E-state index is 0.464. The lowest BCUT2D eigenvalue weighted by molar-refractivity contribution is 0.129. The monoisotopic (exact) mass is 248 g/mol. The summed E-state index contributed by atoms with van der Waals surface area (Å²) >= 11 is 0. The molecule has 3 unspecified atom stereocenters. The highest BCUT2D eigenvalue weighted by molar-refractivity contribution is 5.25. The van der Waals surface area contributed by atoms with E-state index in [-0.39, 0.29) is 0 Å². The first kappa shape index (κ1) is 12.2. The maximum Gasteiger partial charge on any atom is 0.0625 e. The van der Waals surface area contributed by atoms with Gasteiger partial charge >= 0.3 is 0 Å². The van der Waals surface area contributed by atoms with Crippen LogP contribution >= 0.6 is 0 Å². The molecule has 0 radical (unpaired) electrons. The molecular formula is C15H24N2O. The summed E-state index contributed by atoms with van der Waals surface area (Å²) in [7, 11) is 0. The van der Waals surface area contributed by atoms with Gasteiger partial charge in [-0.1, -0.05) is 6.92 Å². The van der Waals surface area contributed by atoms with E-state index in [1.165, 1.54) is 24.2 Å². The van der Waals surface area contributed by atoms with Crippen molar-refractivity contribution in [2.45, 2.75) is 52.0 Å². The summed E-state index contributed by atoms with van der Waals surface area (Å²) in [5.41, 5.74) is 2.70. The first-order chi connectivity index (χ1) is 8.72. The van der Waals surface area contributed by atoms with Crippen molar-refractivity contribution in [3.05, 3.63) is 17.5 Å². The van der Waals surface area contributed by atoms with Crippen LogP contribution in [0, 0.1) is 11.8 Å². The number of fused-ring (bicyclic) bond motifs is 1. The minimum Gasteiger partial charge on any atom is -0.381 e. The van der Waals surface area contributed by atoms with E-state index in [9.17, 15) is 0 Å². The first-order valence-corrected chi connectivity index (χ1v) is 7.38. The summed E-state index contributed by atoms with van der Waals surface area (Å²) in [6, 6.07) is 2.80. The topological polar surface area (TPSA) is 27.1 Å². The van der Waals surface area contributed by atoms with Crippen LogP contribution in [0.15, 0.2) is 6.07 Å². The molecule has 3 heteroatoms. The molecule has 3 rings (SSSR count). The van der Waals surface area contributed by atoms with Crippen molar-refractivity contribution in [3.8, 4) is 0 Å². The lowest BCUT2D eigenvalue weighted by atomic mass is 10.1. The van der Waals surface area contributed by atoms with Crippen LogP contribution in [-0.4, -0.2) is 23.0 Å². The molecule has 2 fully saturated rings. The van der Waals surface area contributed by atoms with Crippen LogP contribution in [0.25, 0.3) is 0 Å². The van der Waals surface area contributed by atoms with E-state index in [1.807, 2.05) is 0 Å². The van der Waals surface area contributed by atoms with Crippen molar-refractivity contribution < 1.29 is 4.74 Å². The molecular weight excluding hydrogens is 224 g/mol. The third-order valence-corrected chi connectivity index (χ3v) is 4.48. The van der Waals surface area contributed by atoms with Gasteiger partial charge in [0, 0.05) is 24.3 Å². The Bertz CT molecular complexity index is 412. The van der Waals surface area contributed by atoms with E-state index in [0.717, 1.165) is 31.5 Å².